The van der Waals surface area contributed by atoms with Crippen LogP contribution in [0.2, 0.25) is 0 Å². The van der Waals surface area contributed by atoms with Crippen molar-refractivity contribution in [2.24, 2.45) is 5.92 Å². The second kappa shape index (κ2) is 6.60. The van der Waals surface area contributed by atoms with Gasteiger partial charge < -0.3 is 0 Å². The molecule has 0 amide bonds. The van der Waals surface area contributed by atoms with Gasteiger partial charge in [-0.05, 0) is 25.7 Å². The van der Waals surface area contributed by atoms with E-state index in [9.17, 15) is 0 Å². The van der Waals surface area contributed by atoms with Gasteiger partial charge >= 0.3 is 0 Å². The summed E-state index contributed by atoms with van der Waals surface area (Å²) >= 11 is 0. The van der Waals surface area contributed by atoms with Crippen LogP contribution in [0.3, 0.4) is 0 Å². The van der Waals surface area contributed by atoms with E-state index >= 15 is 0 Å². The molecule has 1 unspecified atom stereocenters. The fourth-order valence-electron chi connectivity index (χ4n) is 0.788. The van der Waals surface area contributed by atoms with E-state index in [0.717, 1.165) is 12.8 Å². The van der Waals surface area contributed by atoms with Crippen LogP contribution < -0.4 is 0 Å². The molecule has 0 saturated carbocycles. The Morgan fingerprint density at radius 3 is 2.60 bits per heavy atom. The number of allylic oxidation sites excluding steroid dienone is 4. The first kappa shape index (κ1) is 9.48. The van der Waals surface area contributed by atoms with Gasteiger partial charge in [0.2, 0.25) is 0 Å². The molecule has 57 valence electrons. The molecule has 0 N–H and O–H groups in total. The smallest absolute Gasteiger partial charge is 0.0227 e. The van der Waals surface area contributed by atoms with Gasteiger partial charge in [-0.2, -0.15) is 0 Å². The molecule has 0 heteroatoms. The Bertz CT molecular complexity index is 109. The minimum atomic E-state index is 0.639. The molecule has 0 aliphatic heterocycles. The average Bonchev–Trinajstić information content (AvgIpc) is 1.89. The van der Waals surface area contributed by atoms with Crippen molar-refractivity contribution in [2.45, 2.75) is 26.7 Å². The maximum Gasteiger partial charge on any atom is -0.0227 e. The molecular formula is C10H17. The minimum Gasteiger partial charge on any atom is -0.0888 e. The Morgan fingerprint density at radius 1 is 1.40 bits per heavy atom. The lowest BCUT2D eigenvalue weighted by Crippen LogP contribution is -1.84. The molecule has 1 radical (unpaired) electrons. The molecule has 0 fully saturated rings. The molecule has 0 spiro atoms. The topological polar surface area (TPSA) is 0 Å². The van der Waals surface area contributed by atoms with Crippen LogP contribution >= 0.6 is 0 Å². The van der Waals surface area contributed by atoms with E-state index in [1.54, 1.807) is 0 Å². The van der Waals surface area contributed by atoms with Gasteiger partial charge in [-0.3, -0.25) is 0 Å². The molecule has 0 saturated heterocycles. The van der Waals surface area contributed by atoms with Gasteiger partial charge in [0.15, 0.2) is 0 Å². The van der Waals surface area contributed by atoms with Gasteiger partial charge in [0.05, 0.1) is 0 Å². The largest absolute Gasteiger partial charge is 0.0888 e. The number of rotatable bonds is 4. The lowest BCUT2D eigenvalue weighted by Gasteiger charge is -1.98. The fourth-order valence-corrected chi connectivity index (χ4v) is 0.788. The zero-order valence-electron chi connectivity index (χ0n) is 7.01. The van der Waals surface area contributed by atoms with Crippen LogP contribution in [0.5, 0.6) is 0 Å². The van der Waals surface area contributed by atoms with E-state index in [-0.39, 0.29) is 0 Å². The van der Waals surface area contributed by atoms with Crippen LogP contribution in [0, 0.1) is 12.8 Å². The molecule has 0 bridgehead atoms. The first-order valence-corrected chi connectivity index (χ1v) is 3.92. The molecule has 10 heavy (non-hydrogen) atoms. The summed E-state index contributed by atoms with van der Waals surface area (Å²) in [5.74, 6) is 0.639. The molecule has 1 atom stereocenters. The zero-order valence-corrected chi connectivity index (χ0v) is 7.01. The highest BCUT2D eigenvalue weighted by atomic mass is 13.9. The van der Waals surface area contributed by atoms with Crippen LogP contribution in [0.15, 0.2) is 24.3 Å². The normalized spacial score (nSPS) is 15.1. The molecule has 0 aromatic heterocycles. The van der Waals surface area contributed by atoms with Crippen molar-refractivity contribution in [1.82, 2.24) is 0 Å². The van der Waals surface area contributed by atoms with Crippen molar-refractivity contribution in [3.63, 3.8) is 0 Å². The molecule has 0 aromatic carbocycles. The van der Waals surface area contributed by atoms with E-state index in [0.29, 0.717) is 5.92 Å². The molecule has 0 rings (SSSR count). The van der Waals surface area contributed by atoms with Crippen molar-refractivity contribution in [2.75, 3.05) is 0 Å². The Hall–Kier alpha value is -0.520. The Labute approximate surface area is 64.6 Å². The van der Waals surface area contributed by atoms with Crippen molar-refractivity contribution in [3.05, 3.63) is 31.2 Å². The van der Waals surface area contributed by atoms with Crippen LogP contribution in [-0.4, -0.2) is 0 Å². The SMILES string of the molecule is [CH2]/C=C/C(C)C/C=C/CC. The number of hydrogen-bond acceptors (Lipinski definition) is 0. The van der Waals surface area contributed by atoms with Gasteiger partial charge in [0.1, 0.15) is 0 Å². The summed E-state index contributed by atoms with van der Waals surface area (Å²) in [6, 6.07) is 0. The highest BCUT2D eigenvalue weighted by Gasteiger charge is 1.89. The third-order valence-electron chi connectivity index (χ3n) is 1.37. The predicted molar refractivity (Wildman–Crippen MR) is 47.7 cm³/mol. The summed E-state index contributed by atoms with van der Waals surface area (Å²) in [4.78, 5) is 0. The third-order valence-corrected chi connectivity index (χ3v) is 1.37. The summed E-state index contributed by atoms with van der Waals surface area (Å²) in [6.45, 7) is 8.00. The lowest BCUT2D eigenvalue weighted by atomic mass is 10.1. The summed E-state index contributed by atoms with van der Waals surface area (Å²) in [5, 5.41) is 0. The van der Waals surface area contributed by atoms with Crippen molar-refractivity contribution < 1.29 is 0 Å². The fraction of sp³-hybridized carbons (Fsp3) is 0.500. The lowest BCUT2D eigenvalue weighted by molar-refractivity contribution is 0.742. The summed E-state index contributed by atoms with van der Waals surface area (Å²) in [5.41, 5.74) is 0. The standard InChI is InChI=1S/C10H17/c1-4-6-7-9-10(3)8-5-2/h5-8,10H,2,4,9H2,1,3H3/b7-6+,8-5+. The van der Waals surface area contributed by atoms with Crippen LogP contribution in [0.1, 0.15) is 26.7 Å². The average molecular weight is 137 g/mol. The first-order chi connectivity index (χ1) is 4.81. The number of hydrogen-bond donors (Lipinski definition) is 0. The van der Waals surface area contributed by atoms with Crippen LogP contribution in [0.4, 0.5) is 0 Å². The van der Waals surface area contributed by atoms with Crippen molar-refractivity contribution in [3.8, 4) is 0 Å². The Kier molecular flexibility index (Phi) is 6.25. The predicted octanol–water partition coefficient (Wildman–Crippen LogP) is 3.37. The molecule has 0 heterocycles. The monoisotopic (exact) mass is 137 g/mol. The van der Waals surface area contributed by atoms with E-state index in [4.69, 9.17) is 0 Å². The van der Waals surface area contributed by atoms with Crippen LogP contribution in [-0.2, 0) is 0 Å². The first-order valence-electron chi connectivity index (χ1n) is 3.92. The van der Waals surface area contributed by atoms with Gasteiger partial charge in [-0.15, -0.1) is 0 Å². The van der Waals surface area contributed by atoms with E-state index in [2.05, 4.69) is 39.0 Å². The van der Waals surface area contributed by atoms with E-state index in [1.165, 1.54) is 0 Å². The molecule has 0 aliphatic rings. The summed E-state index contributed by atoms with van der Waals surface area (Å²) in [7, 11) is 0. The van der Waals surface area contributed by atoms with E-state index in [1.807, 2.05) is 6.08 Å². The second-order valence-corrected chi connectivity index (χ2v) is 2.52. The maximum absolute atomic E-state index is 3.65. The Balaban J connectivity index is 3.38. The third kappa shape index (κ3) is 5.61. The molecule has 0 nitrogen and oxygen atoms in total. The van der Waals surface area contributed by atoms with Crippen LogP contribution in [0.25, 0.3) is 0 Å². The highest BCUT2D eigenvalue weighted by Crippen LogP contribution is 2.04. The van der Waals surface area contributed by atoms with Gasteiger partial charge in [-0.1, -0.05) is 38.2 Å². The molecule has 0 aromatic rings. The molecule has 0 aliphatic carbocycles. The molecular weight excluding hydrogens is 120 g/mol. The van der Waals surface area contributed by atoms with Gasteiger partial charge in [0.25, 0.3) is 0 Å². The minimum absolute atomic E-state index is 0.639. The van der Waals surface area contributed by atoms with Gasteiger partial charge in [-0.25, -0.2) is 0 Å². The second-order valence-electron chi connectivity index (χ2n) is 2.52. The highest BCUT2D eigenvalue weighted by molar-refractivity contribution is 4.92. The van der Waals surface area contributed by atoms with Crippen molar-refractivity contribution >= 4 is 0 Å². The zero-order chi connectivity index (χ0) is 7.82. The summed E-state index contributed by atoms with van der Waals surface area (Å²) < 4.78 is 0. The van der Waals surface area contributed by atoms with Crippen molar-refractivity contribution in [1.29, 1.82) is 0 Å². The quantitative estimate of drug-likeness (QED) is 0.521. The maximum atomic E-state index is 3.65. The van der Waals surface area contributed by atoms with Gasteiger partial charge in [0, 0.05) is 0 Å². The Morgan fingerprint density at radius 2 is 2.10 bits per heavy atom. The van der Waals surface area contributed by atoms with E-state index < -0.39 is 0 Å². The summed E-state index contributed by atoms with van der Waals surface area (Å²) in [6.07, 6.45) is 10.7.